The minimum atomic E-state index is 0.837. The molecule has 1 aromatic rings. The number of hydrogen-bond acceptors (Lipinski definition) is 4. The highest BCUT2D eigenvalue weighted by Gasteiger charge is 2.03. The summed E-state index contributed by atoms with van der Waals surface area (Å²) < 4.78 is 0. The lowest BCUT2D eigenvalue weighted by Gasteiger charge is -2.23. The molecule has 12 heavy (non-hydrogen) atoms. The number of nitrogens with one attached hydrogen (secondary N) is 2. The molecule has 0 fully saturated rings. The van der Waals surface area contributed by atoms with Crippen LogP contribution in [0.3, 0.4) is 0 Å². The molecule has 4 heteroatoms. The molecule has 2 rings (SSSR count). The largest absolute Gasteiger partial charge is 0.254 e. The molecule has 4 nitrogen and oxygen atoms in total. The molecule has 0 aliphatic carbocycles. The van der Waals surface area contributed by atoms with Crippen molar-refractivity contribution in [1.29, 1.82) is 0 Å². The standard InChI is InChI=1S/C8H10N4/c1-2-5-9-8(4-1)12-7-3-6-10-11-12/h1-5,7,10-11H,6H2. The Bertz CT molecular complexity index is 270. The Morgan fingerprint density at radius 3 is 3.08 bits per heavy atom. The van der Waals surface area contributed by atoms with Gasteiger partial charge in [-0.25, -0.2) is 10.4 Å². The number of rotatable bonds is 1. The van der Waals surface area contributed by atoms with Crippen molar-refractivity contribution < 1.29 is 0 Å². The van der Waals surface area contributed by atoms with E-state index in [2.05, 4.69) is 15.9 Å². The predicted molar refractivity (Wildman–Crippen MR) is 47.0 cm³/mol. The molecule has 0 bridgehead atoms. The van der Waals surface area contributed by atoms with Gasteiger partial charge >= 0.3 is 0 Å². The van der Waals surface area contributed by atoms with Crippen molar-refractivity contribution in [2.45, 2.75) is 0 Å². The Hall–Kier alpha value is -1.39. The average Bonchev–Trinajstić information content (AvgIpc) is 2.21. The summed E-state index contributed by atoms with van der Waals surface area (Å²) in [4.78, 5) is 4.17. The molecule has 0 aromatic carbocycles. The topological polar surface area (TPSA) is 40.2 Å². The van der Waals surface area contributed by atoms with Crippen LogP contribution in [0.25, 0.3) is 0 Å². The fourth-order valence-electron chi connectivity index (χ4n) is 1.02. The Kier molecular flexibility index (Phi) is 2.02. The minimum absolute atomic E-state index is 0.837. The van der Waals surface area contributed by atoms with E-state index in [1.54, 1.807) is 6.20 Å². The van der Waals surface area contributed by atoms with Crippen molar-refractivity contribution in [3.63, 3.8) is 0 Å². The zero-order valence-corrected chi connectivity index (χ0v) is 6.57. The highest BCUT2D eigenvalue weighted by Crippen LogP contribution is 2.06. The number of nitrogens with zero attached hydrogens (tertiary/aromatic N) is 2. The molecule has 1 aliphatic rings. The van der Waals surface area contributed by atoms with Crippen LogP contribution in [0.5, 0.6) is 0 Å². The lowest BCUT2D eigenvalue weighted by atomic mass is 10.4. The molecule has 0 atom stereocenters. The summed E-state index contributed by atoms with van der Waals surface area (Å²) in [5, 5.41) is 1.82. The van der Waals surface area contributed by atoms with Crippen LogP contribution in [-0.2, 0) is 0 Å². The molecule has 0 unspecified atom stereocenters. The molecule has 1 aliphatic heterocycles. The number of anilines is 1. The van der Waals surface area contributed by atoms with Gasteiger partial charge in [-0.15, -0.1) is 0 Å². The first kappa shape index (κ1) is 7.27. The Balaban J connectivity index is 2.19. The van der Waals surface area contributed by atoms with Gasteiger partial charge in [-0.1, -0.05) is 12.1 Å². The third-order valence-electron chi connectivity index (χ3n) is 1.57. The fraction of sp³-hybridized carbons (Fsp3) is 0.125. The third kappa shape index (κ3) is 1.44. The van der Waals surface area contributed by atoms with Crippen LogP contribution in [0.1, 0.15) is 0 Å². The van der Waals surface area contributed by atoms with Gasteiger partial charge < -0.3 is 0 Å². The zero-order chi connectivity index (χ0) is 8.23. The smallest absolute Gasteiger partial charge is 0.147 e. The predicted octanol–water partition coefficient (Wildman–Crippen LogP) is 0.424. The SMILES string of the molecule is C1=CN(c2ccccn2)NNC1. The Morgan fingerprint density at radius 2 is 2.42 bits per heavy atom. The van der Waals surface area contributed by atoms with Gasteiger partial charge in [0.25, 0.3) is 0 Å². The maximum atomic E-state index is 4.17. The molecule has 0 radical (unpaired) electrons. The van der Waals surface area contributed by atoms with Crippen LogP contribution < -0.4 is 16.0 Å². The Morgan fingerprint density at radius 1 is 1.42 bits per heavy atom. The summed E-state index contributed by atoms with van der Waals surface area (Å²) in [6.45, 7) is 0.837. The van der Waals surface area contributed by atoms with E-state index in [0.29, 0.717) is 0 Å². The summed E-state index contributed by atoms with van der Waals surface area (Å²) in [6.07, 6.45) is 5.73. The first-order chi connectivity index (χ1) is 5.97. The first-order valence-electron chi connectivity index (χ1n) is 3.82. The van der Waals surface area contributed by atoms with Crippen molar-refractivity contribution in [1.82, 2.24) is 15.9 Å². The minimum Gasteiger partial charge on any atom is -0.254 e. The fourth-order valence-corrected chi connectivity index (χ4v) is 1.02. The van der Waals surface area contributed by atoms with Crippen molar-refractivity contribution in [3.8, 4) is 0 Å². The molecular weight excluding hydrogens is 152 g/mol. The van der Waals surface area contributed by atoms with Crippen LogP contribution in [-0.4, -0.2) is 11.5 Å². The van der Waals surface area contributed by atoms with E-state index >= 15 is 0 Å². The summed E-state index contributed by atoms with van der Waals surface area (Å²) in [5.41, 5.74) is 5.95. The quantitative estimate of drug-likeness (QED) is 0.628. The van der Waals surface area contributed by atoms with Gasteiger partial charge in [-0.3, -0.25) is 5.01 Å². The van der Waals surface area contributed by atoms with Crippen LogP contribution in [0.4, 0.5) is 5.82 Å². The van der Waals surface area contributed by atoms with Crippen LogP contribution in [0, 0.1) is 0 Å². The molecule has 0 amide bonds. The van der Waals surface area contributed by atoms with E-state index in [-0.39, 0.29) is 0 Å². The molecule has 0 spiro atoms. The number of pyridine rings is 1. The van der Waals surface area contributed by atoms with E-state index in [9.17, 15) is 0 Å². The van der Waals surface area contributed by atoms with Gasteiger partial charge in [0.1, 0.15) is 5.82 Å². The molecule has 0 saturated carbocycles. The second kappa shape index (κ2) is 3.34. The van der Waals surface area contributed by atoms with Crippen molar-refractivity contribution in [2.75, 3.05) is 11.6 Å². The maximum Gasteiger partial charge on any atom is 0.147 e. The van der Waals surface area contributed by atoms with Crippen LogP contribution >= 0.6 is 0 Å². The summed E-state index contributed by atoms with van der Waals surface area (Å²) >= 11 is 0. The summed E-state index contributed by atoms with van der Waals surface area (Å²) in [6, 6.07) is 5.78. The van der Waals surface area contributed by atoms with Gasteiger partial charge in [0.2, 0.25) is 0 Å². The molecule has 62 valence electrons. The second-order valence-electron chi connectivity index (χ2n) is 2.44. The van der Waals surface area contributed by atoms with Crippen molar-refractivity contribution in [2.24, 2.45) is 0 Å². The Labute approximate surface area is 70.9 Å². The van der Waals surface area contributed by atoms with Crippen LogP contribution in [0.2, 0.25) is 0 Å². The van der Waals surface area contributed by atoms with E-state index in [0.717, 1.165) is 12.4 Å². The second-order valence-corrected chi connectivity index (χ2v) is 2.44. The highest BCUT2D eigenvalue weighted by molar-refractivity contribution is 5.39. The average molecular weight is 162 g/mol. The van der Waals surface area contributed by atoms with Gasteiger partial charge in [0.05, 0.1) is 0 Å². The lowest BCUT2D eigenvalue weighted by molar-refractivity contribution is 0.549. The summed E-state index contributed by atoms with van der Waals surface area (Å²) in [5.74, 6) is 0.876. The molecule has 0 saturated heterocycles. The van der Waals surface area contributed by atoms with Crippen molar-refractivity contribution >= 4 is 5.82 Å². The van der Waals surface area contributed by atoms with E-state index < -0.39 is 0 Å². The maximum absolute atomic E-state index is 4.17. The highest BCUT2D eigenvalue weighted by atomic mass is 15.7. The number of aromatic nitrogens is 1. The monoisotopic (exact) mass is 162 g/mol. The summed E-state index contributed by atoms with van der Waals surface area (Å²) in [7, 11) is 0. The van der Waals surface area contributed by atoms with Gasteiger partial charge in [-0.2, -0.15) is 5.53 Å². The molecule has 2 heterocycles. The van der Waals surface area contributed by atoms with E-state index in [1.165, 1.54) is 0 Å². The van der Waals surface area contributed by atoms with Gasteiger partial charge in [-0.05, 0) is 12.1 Å². The molecule has 1 aromatic heterocycles. The van der Waals surface area contributed by atoms with E-state index in [1.807, 2.05) is 35.5 Å². The van der Waals surface area contributed by atoms with Crippen molar-refractivity contribution in [3.05, 3.63) is 36.7 Å². The zero-order valence-electron chi connectivity index (χ0n) is 6.57. The van der Waals surface area contributed by atoms with Gasteiger partial charge in [0, 0.05) is 18.9 Å². The van der Waals surface area contributed by atoms with Crippen LogP contribution in [0.15, 0.2) is 36.7 Å². The third-order valence-corrected chi connectivity index (χ3v) is 1.57. The number of hydrazine groups is 2. The number of hydrogen-bond donors (Lipinski definition) is 2. The van der Waals surface area contributed by atoms with Gasteiger partial charge in [0.15, 0.2) is 0 Å². The first-order valence-corrected chi connectivity index (χ1v) is 3.82. The molecular formula is C8H10N4. The molecule has 2 N–H and O–H groups in total. The normalized spacial score (nSPS) is 16.5. The van der Waals surface area contributed by atoms with E-state index in [4.69, 9.17) is 0 Å². The lowest BCUT2D eigenvalue weighted by Crippen LogP contribution is -2.47.